The van der Waals surface area contributed by atoms with Crippen LogP contribution in [0.15, 0.2) is 0 Å². The third-order valence-corrected chi connectivity index (χ3v) is 0.407. The van der Waals surface area contributed by atoms with E-state index in [1.54, 1.807) is 0 Å². The molecule has 0 atom stereocenters. The summed E-state index contributed by atoms with van der Waals surface area (Å²) in [7, 11) is 3.75. The molecule has 2 nitrogen and oxygen atoms in total. The SMILES string of the molecule is CCCC=O.CNC. The first-order valence-corrected chi connectivity index (χ1v) is 2.85. The highest BCUT2D eigenvalue weighted by atomic mass is 16.1. The first-order chi connectivity index (χ1) is 3.83. The highest BCUT2D eigenvalue weighted by Crippen LogP contribution is 1.74. The molecule has 0 aliphatic rings. The van der Waals surface area contributed by atoms with E-state index in [1.807, 2.05) is 21.0 Å². The zero-order chi connectivity index (χ0) is 6.83. The summed E-state index contributed by atoms with van der Waals surface area (Å²) < 4.78 is 0. The number of hydrogen-bond acceptors (Lipinski definition) is 2. The molecule has 0 aromatic carbocycles. The van der Waals surface area contributed by atoms with Gasteiger partial charge in [-0.3, -0.25) is 0 Å². The summed E-state index contributed by atoms with van der Waals surface area (Å²) >= 11 is 0. The lowest BCUT2D eigenvalue weighted by Crippen LogP contribution is -1.89. The zero-order valence-corrected chi connectivity index (χ0v) is 5.90. The Bertz CT molecular complexity index is 37.5. The maximum atomic E-state index is 9.40. The van der Waals surface area contributed by atoms with Gasteiger partial charge >= 0.3 is 0 Å². The van der Waals surface area contributed by atoms with Crippen LogP contribution in [0.1, 0.15) is 19.8 Å². The average molecular weight is 117 g/mol. The second-order valence-electron chi connectivity index (χ2n) is 1.46. The summed E-state index contributed by atoms with van der Waals surface area (Å²) in [5.74, 6) is 0. The van der Waals surface area contributed by atoms with Crippen LogP contribution in [0, 0.1) is 0 Å². The Morgan fingerprint density at radius 2 is 1.88 bits per heavy atom. The van der Waals surface area contributed by atoms with Crippen molar-refractivity contribution in [3.63, 3.8) is 0 Å². The van der Waals surface area contributed by atoms with Gasteiger partial charge in [0.1, 0.15) is 6.29 Å². The predicted octanol–water partition coefficient (Wildman–Crippen LogP) is 0.821. The van der Waals surface area contributed by atoms with Crippen LogP contribution < -0.4 is 5.32 Å². The lowest BCUT2D eigenvalue weighted by atomic mass is 10.4. The zero-order valence-electron chi connectivity index (χ0n) is 5.90. The van der Waals surface area contributed by atoms with Crippen molar-refractivity contribution >= 4 is 6.29 Å². The number of unbranched alkanes of at least 4 members (excludes halogenated alkanes) is 1. The number of carbonyl (C=O) groups excluding carboxylic acids is 1. The summed E-state index contributed by atoms with van der Waals surface area (Å²) in [6.45, 7) is 1.98. The Hall–Kier alpha value is -0.370. The smallest absolute Gasteiger partial charge is 0.119 e. The molecule has 0 rings (SSSR count). The highest BCUT2D eigenvalue weighted by Gasteiger charge is 1.66. The summed E-state index contributed by atoms with van der Waals surface area (Å²) in [5.41, 5.74) is 0. The van der Waals surface area contributed by atoms with Gasteiger partial charge in [-0.15, -0.1) is 0 Å². The molecule has 0 aliphatic carbocycles. The average Bonchev–Trinajstić information content (AvgIpc) is 1.71. The fourth-order valence-electron chi connectivity index (χ4n) is 0.118. The number of aldehydes is 1. The van der Waals surface area contributed by atoms with Crippen LogP contribution in [-0.2, 0) is 4.79 Å². The number of rotatable bonds is 2. The predicted molar refractivity (Wildman–Crippen MR) is 36.0 cm³/mol. The minimum Gasteiger partial charge on any atom is -0.323 e. The summed E-state index contributed by atoms with van der Waals surface area (Å²) in [4.78, 5) is 9.40. The third-order valence-electron chi connectivity index (χ3n) is 0.407. The van der Waals surface area contributed by atoms with E-state index >= 15 is 0 Å². The molecule has 50 valence electrons. The standard InChI is InChI=1S/C4H8O.C2H7N/c1-2-3-4-5;1-3-2/h4H,2-3H2,1H3;3H,1-2H3. The molecule has 0 aliphatic heterocycles. The Kier molecular flexibility index (Phi) is 21.1. The van der Waals surface area contributed by atoms with Crippen LogP contribution in [0.3, 0.4) is 0 Å². The molecule has 0 bridgehead atoms. The number of carbonyl (C=O) groups is 1. The molecule has 0 aromatic heterocycles. The molecule has 0 aromatic rings. The van der Waals surface area contributed by atoms with E-state index < -0.39 is 0 Å². The van der Waals surface area contributed by atoms with Crippen LogP contribution in [0.25, 0.3) is 0 Å². The van der Waals surface area contributed by atoms with E-state index in [9.17, 15) is 4.79 Å². The normalized spacial score (nSPS) is 6.88. The van der Waals surface area contributed by atoms with Crippen LogP contribution in [-0.4, -0.2) is 20.4 Å². The Balaban J connectivity index is 0. The van der Waals surface area contributed by atoms with Crippen LogP contribution in [0.5, 0.6) is 0 Å². The molecule has 0 unspecified atom stereocenters. The summed E-state index contributed by atoms with van der Waals surface area (Å²) in [6.07, 6.45) is 2.61. The molecule has 0 saturated carbocycles. The van der Waals surface area contributed by atoms with Crippen molar-refractivity contribution in [2.45, 2.75) is 19.8 Å². The minimum atomic E-state index is 0.708. The van der Waals surface area contributed by atoms with Gasteiger partial charge in [-0.05, 0) is 20.5 Å². The van der Waals surface area contributed by atoms with Crippen LogP contribution in [0.4, 0.5) is 0 Å². The van der Waals surface area contributed by atoms with E-state index in [0.717, 1.165) is 12.7 Å². The van der Waals surface area contributed by atoms with E-state index in [1.165, 1.54) is 0 Å². The molecular weight excluding hydrogens is 102 g/mol. The monoisotopic (exact) mass is 117 g/mol. The van der Waals surface area contributed by atoms with Gasteiger partial charge in [-0.1, -0.05) is 6.92 Å². The molecule has 0 amide bonds. The molecule has 8 heavy (non-hydrogen) atoms. The van der Waals surface area contributed by atoms with Gasteiger partial charge in [0.15, 0.2) is 0 Å². The quantitative estimate of drug-likeness (QED) is 0.542. The van der Waals surface area contributed by atoms with Gasteiger partial charge in [0.05, 0.1) is 0 Å². The van der Waals surface area contributed by atoms with Gasteiger partial charge in [-0.2, -0.15) is 0 Å². The van der Waals surface area contributed by atoms with Crippen LogP contribution in [0.2, 0.25) is 0 Å². The fourth-order valence-corrected chi connectivity index (χ4v) is 0.118. The lowest BCUT2D eigenvalue weighted by molar-refractivity contribution is -0.107. The number of hydrogen-bond donors (Lipinski definition) is 1. The van der Waals surface area contributed by atoms with E-state index in [2.05, 4.69) is 5.32 Å². The Morgan fingerprint density at radius 1 is 1.50 bits per heavy atom. The van der Waals surface area contributed by atoms with Gasteiger partial charge in [0, 0.05) is 6.42 Å². The van der Waals surface area contributed by atoms with E-state index in [-0.39, 0.29) is 0 Å². The first kappa shape index (κ1) is 10.6. The van der Waals surface area contributed by atoms with Crippen molar-refractivity contribution < 1.29 is 4.79 Å². The van der Waals surface area contributed by atoms with Crippen molar-refractivity contribution in [1.82, 2.24) is 5.32 Å². The second-order valence-corrected chi connectivity index (χ2v) is 1.46. The van der Waals surface area contributed by atoms with Crippen LogP contribution >= 0.6 is 0 Å². The van der Waals surface area contributed by atoms with Crippen molar-refractivity contribution in [3.05, 3.63) is 0 Å². The molecule has 1 N–H and O–H groups in total. The van der Waals surface area contributed by atoms with Crippen molar-refractivity contribution in [2.24, 2.45) is 0 Å². The van der Waals surface area contributed by atoms with Crippen molar-refractivity contribution in [2.75, 3.05) is 14.1 Å². The first-order valence-electron chi connectivity index (χ1n) is 2.85. The summed E-state index contributed by atoms with van der Waals surface area (Å²) in [5, 5.41) is 2.75. The topological polar surface area (TPSA) is 29.1 Å². The highest BCUT2D eigenvalue weighted by molar-refractivity contribution is 5.48. The fraction of sp³-hybridized carbons (Fsp3) is 0.833. The van der Waals surface area contributed by atoms with E-state index in [4.69, 9.17) is 0 Å². The molecule has 0 fully saturated rings. The lowest BCUT2D eigenvalue weighted by Gasteiger charge is -1.68. The Morgan fingerprint density at radius 3 is 1.88 bits per heavy atom. The molecule has 2 heteroatoms. The van der Waals surface area contributed by atoms with Gasteiger partial charge in [0.25, 0.3) is 0 Å². The molecule has 0 heterocycles. The minimum absolute atomic E-state index is 0.708. The third kappa shape index (κ3) is 45.4. The largest absolute Gasteiger partial charge is 0.323 e. The van der Waals surface area contributed by atoms with E-state index in [0.29, 0.717) is 6.42 Å². The van der Waals surface area contributed by atoms with Gasteiger partial charge in [-0.25, -0.2) is 0 Å². The van der Waals surface area contributed by atoms with Gasteiger partial charge in [0.2, 0.25) is 0 Å². The molecule has 0 spiro atoms. The molecular formula is C6H15NO. The van der Waals surface area contributed by atoms with Gasteiger partial charge < -0.3 is 10.1 Å². The molecule has 0 saturated heterocycles. The summed E-state index contributed by atoms with van der Waals surface area (Å²) in [6, 6.07) is 0. The number of nitrogens with one attached hydrogen (secondary N) is 1. The maximum Gasteiger partial charge on any atom is 0.119 e. The Labute approximate surface area is 51.3 Å². The van der Waals surface area contributed by atoms with Crippen molar-refractivity contribution in [3.8, 4) is 0 Å². The maximum absolute atomic E-state index is 9.40. The molecule has 0 radical (unpaired) electrons. The van der Waals surface area contributed by atoms with Crippen molar-refractivity contribution in [1.29, 1.82) is 0 Å². The second kappa shape index (κ2) is 15.9.